The lowest BCUT2D eigenvalue weighted by Gasteiger charge is -2.52. The van der Waals surface area contributed by atoms with E-state index in [9.17, 15) is 14.4 Å². The molecule has 0 bridgehead atoms. The molecule has 202 valence electrons. The molecular weight excluding hydrogens is 455 g/mol. The van der Waals surface area contributed by atoms with Crippen LogP contribution in [0.1, 0.15) is 115 Å². The van der Waals surface area contributed by atoms with Gasteiger partial charge in [-0.05, 0) is 71.1 Å². The van der Waals surface area contributed by atoms with Gasteiger partial charge in [-0.25, -0.2) is 4.31 Å². The van der Waals surface area contributed by atoms with Crippen molar-refractivity contribution >= 4 is 36.6 Å². The van der Waals surface area contributed by atoms with Gasteiger partial charge in [-0.2, -0.15) is 0 Å². The van der Waals surface area contributed by atoms with E-state index in [0.717, 1.165) is 32.2 Å². The Morgan fingerprint density at radius 1 is 0.971 bits per heavy atom. The third-order valence-corrected chi connectivity index (χ3v) is 11.3. The Bertz CT molecular complexity index is 746. The fraction of sp³-hybridized carbons (Fsp3) is 0.893. The highest BCUT2D eigenvalue weighted by atomic mass is 32.2. The smallest absolute Gasteiger partial charge is 0.284 e. The third kappa shape index (κ3) is 6.81. The average molecular weight is 509 g/mol. The molecule has 1 saturated heterocycles. The molecule has 1 rings (SSSR count). The van der Waals surface area contributed by atoms with Gasteiger partial charge in [-0.3, -0.25) is 9.59 Å². The zero-order valence-corrected chi connectivity index (χ0v) is 25.4. The molecule has 0 aromatic carbocycles. The third-order valence-electron chi connectivity index (χ3n) is 9.84. The molecule has 0 aromatic heterocycles. The number of hydrogen-bond acceptors (Lipinski definition) is 6. The summed E-state index contributed by atoms with van der Waals surface area (Å²) in [5.41, 5.74) is -1.60. The molecule has 0 spiro atoms. The first-order chi connectivity index (χ1) is 16.2. The predicted molar refractivity (Wildman–Crippen MR) is 152 cm³/mol. The Balaban J connectivity index is 3.37. The largest absolute Gasteiger partial charge is 0.341 e. The number of carbonyl (C=O) groups is 3. The van der Waals surface area contributed by atoms with Gasteiger partial charge in [0, 0.05) is 23.4 Å². The molecule has 1 heterocycles. The Morgan fingerprint density at radius 2 is 1.54 bits per heavy atom. The van der Waals surface area contributed by atoms with Crippen LogP contribution in [-0.2, 0) is 14.4 Å². The van der Waals surface area contributed by atoms with E-state index < -0.39 is 16.5 Å². The van der Waals surface area contributed by atoms with Crippen LogP contribution in [0.15, 0.2) is 0 Å². The second-order valence-electron chi connectivity index (χ2n) is 11.6. The van der Waals surface area contributed by atoms with Crippen molar-refractivity contribution in [3.8, 4) is 0 Å². The van der Waals surface area contributed by atoms with E-state index in [0.29, 0.717) is 30.5 Å². The normalized spacial score (nSPS) is 26.8. The first-order valence-electron chi connectivity index (χ1n) is 14.0. The van der Waals surface area contributed by atoms with Gasteiger partial charge in [0.1, 0.15) is 17.2 Å². The molecular formula is C28H53BN2O3S. The summed E-state index contributed by atoms with van der Waals surface area (Å²) in [5.74, 6) is 1.41. The maximum atomic E-state index is 13.9. The SMILES string of the molecule is CCC(CC)C(=O)C1CC(C)C(C)CN(C(C)(CC)C(C)(CC)C(=O)BNC(C)(CC)C(C)=O)S1. The van der Waals surface area contributed by atoms with E-state index in [2.05, 4.69) is 64.9 Å². The monoisotopic (exact) mass is 508 g/mol. The lowest BCUT2D eigenvalue weighted by molar-refractivity contribution is -0.127. The van der Waals surface area contributed by atoms with Crippen molar-refractivity contribution in [1.29, 1.82) is 0 Å². The average Bonchev–Trinajstić information content (AvgIpc) is 2.99. The molecule has 1 fully saturated rings. The molecule has 5 nitrogen and oxygen atoms in total. The summed E-state index contributed by atoms with van der Waals surface area (Å²) >= 11 is 1.71. The van der Waals surface area contributed by atoms with E-state index in [1.54, 1.807) is 18.9 Å². The van der Waals surface area contributed by atoms with Crippen LogP contribution in [0.4, 0.5) is 0 Å². The fourth-order valence-corrected chi connectivity index (χ4v) is 7.26. The maximum absolute atomic E-state index is 13.9. The molecule has 1 N–H and O–H groups in total. The van der Waals surface area contributed by atoms with Crippen molar-refractivity contribution in [3.63, 3.8) is 0 Å². The second-order valence-corrected chi connectivity index (χ2v) is 12.8. The summed E-state index contributed by atoms with van der Waals surface area (Å²) in [6, 6.07) is 0. The highest BCUT2D eigenvalue weighted by Gasteiger charge is 2.53. The summed E-state index contributed by atoms with van der Waals surface area (Å²) in [6.07, 6.45) is 4.80. The first-order valence-corrected chi connectivity index (χ1v) is 14.8. The van der Waals surface area contributed by atoms with E-state index in [-0.39, 0.29) is 30.0 Å². The zero-order valence-electron chi connectivity index (χ0n) is 24.5. The molecule has 0 saturated carbocycles. The van der Waals surface area contributed by atoms with Crippen LogP contribution < -0.4 is 5.23 Å². The first kappa shape index (κ1) is 32.4. The van der Waals surface area contributed by atoms with Gasteiger partial charge in [0.05, 0.1) is 10.8 Å². The van der Waals surface area contributed by atoms with Crippen LogP contribution >= 0.6 is 11.9 Å². The topological polar surface area (TPSA) is 66.5 Å². The Hall–Kier alpha value is -0.655. The van der Waals surface area contributed by atoms with Gasteiger partial charge in [0.15, 0.2) is 0 Å². The Morgan fingerprint density at radius 3 is 1.97 bits per heavy atom. The summed E-state index contributed by atoms with van der Waals surface area (Å²) < 4.78 is 2.41. The quantitative estimate of drug-likeness (QED) is 0.236. The van der Waals surface area contributed by atoms with Crippen LogP contribution in [0, 0.1) is 23.2 Å². The van der Waals surface area contributed by atoms with Crippen molar-refractivity contribution < 1.29 is 14.4 Å². The molecule has 7 heteroatoms. The van der Waals surface area contributed by atoms with Gasteiger partial charge in [0.2, 0.25) is 0 Å². The number of carbonyl (C=O) groups excluding carboxylic acids is 3. The van der Waals surface area contributed by atoms with E-state index in [1.807, 2.05) is 13.8 Å². The summed E-state index contributed by atoms with van der Waals surface area (Å²) in [6.45, 7) is 23.6. The Kier molecular flexibility index (Phi) is 12.2. The van der Waals surface area contributed by atoms with Gasteiger partial charge >= 0.3 is 0 Å². The Labute approximate surface area is 221 Å². The molecule has 1 aliphatic heterocycles. The van der Waals surface area contributed by atoms with Gasteiger partial charge < -0.3 is 10.0 Å². The number of ketones is 2. The number of hydrogen-bond donors (Lipinski definition) is 1. The van der Waals surface area contributed by atoms with Gasteiger partial charge in [-0.15, -0.1) is 0 Å². The van der Waals surface area contributed by atoms with Crippen LogP contribution in [0.5, 0.6) is 0 Å². The highest BCUT2D eigenvalue weighted by molar-refractivity contribution is 7.98. The lowest BCUT2D eigenvalue weighted by atomic mass is 9.57. The molecule has 0 radical (unpaired) electrons. The minimum absolute atomic E-state index is 0.0536. The summed E-state index contributed by atoms with van der Waals surface area (Å²) in [5, 5.41) is 3.22. The summed E-state index contributed by atoms with van der Waals surface area (Å²) in [7, 11) is 0.171. The molecule has 0 amide bonds. The van der Waals surface area contributed by atoms with Crippen molar-refractivity contribution in [2.24, 2.45) is 23.2 Å². The van der Waals surface area contributed by atoms with Gasteiger partial charge in [-0.1, -0.05) is 67.3 Å². The van der Waals surface area contributed by atoms with E-state index in [1.165, 1.54) is 0 Å². The standard InChI is InChI=1S/C28H53BN2O3S/c1-12-22(13-2)24(33)23-17-19(6)20(7)18-31(35-23)28(11,16-5)26(9,14-3)25(34)29-30-27(10,15-4)21(8)32/h19-20,22-23,29-30H,12-18H2,1-11H3. The fourth-order valence-electron chi connectivity index (χ4n) is 5.38. The molecule has 6 atom stereocenters. The number of nitrogens with zero attached hydrogens (tertiary/aromatic N) is 1. The maximum Gasteiger partial charge on any atom is 0.284 e. The van der Waals surface area contributed by atoms with Crippen LogP contribution in [0.2, 0.25) is 0 Å². The molecule has 0 aromatic rings. The van der Waals surface area contributed by atoms with Crippen molar-refractivity contribution in [2.75, 3.05) is 6.54 Å². The van der Waals surface area contributed by atoms with Gasteiger partial charge in [0.25, 0.3) is 7.41 Å². The summed E-state index contributed by atoms with van der Waals surface area (Å²) in [4.78, 5) is 39.7. The van der Waals surface area contributed by atoms with Crippen LogP contribution in [-0.4, -0.2) is 51.8 Å². The second kappa shape index (κ2) is 13.2. The molecule has 6 unspecified atom stereocenters. The minimum atomic E-state index is -0.693. The minimum Gasteiger partial charge on any atom is -0.341 e. The van der Waals surface area contributed by atoms with E-state index >= 15 is 0 Å². The predicted octanol–water partition coefficient (Wildman–Crippen LogP) is 5.80. The number of rotatable bonds is 14. The van der Waals surface area contributed by atoms with Crippen molar-refractivity contribution in [3.05, 3.63) is 0 Å². The number of Topliss-reactive ketones (excluding diaryl/α,β-unsaturated/α-hetero) is 2. The van der Waals surface area contributed by atoms with Crippen molar-refractivity contribution in [1.82, 2.24) is 9.53 Å². The van der Waals surface area contributed by atoms with E-state index in [4.69, 9.17) is 0 Å². The lowest BCUT2D eigenvalue weighted by Crippen LogP contribution is -2.62. The van der Waals surface area contributed by atoms with Crippen molar-refractivity contribution in [2.45, 2.75) is 131 Å². The van der Waals surface area contributed by atoms with Crippen LogP contribution in [0.25, 0.3) is 0 Å². The highest BCUT2D eigenvalue weighted by Crippen LogP contribution is 2.49. The molecule has 0 aliphatic carbocycles. The number of nitrogens with one attached hydrogen (secondary N) is 1. The molecule has 35 heavy (non-hydrogen) atoms. The zero-order chi connectivity index (χ0) is 27.2. The van der Waals surface area contributed by atoms with Crippen LogP contribution in [0.3, 0.4) is 0 Å². The molecule has 1 aliphatic rings.